The predicted octanol–water partition coefficient (Wildman–Crippen LogP) is 3.59. The zero-order valence-electron chi connectivity index (χ0n) is 14.1. The van der Waals surface area contributed by atoms with E-state index < -0.39 is 5.97 Å². The molecule has 3 rings (SSSR count). The molecule has 0 radical (unpaired) electrons. The van der Waals surface area contributed by atoms with Gasteiger partial charge in [-0.15, -0.1) is 0 Å². The van der Waals surface area contributed by atoms with Crippen LogP contribution >= 0.6 is 11.8 Å². The van der Waals surface area contributed by atoms with Crippen LogP contribution < -0.4 is 9.64 Å². The van der Waals surface area contributed by atoms with Crippen molar-refractivity contribution < 1.29 is 19.1 Å². The zero-order chi connectivity index (χ0) is 18.0. The van der Waals surface area contributed by atoms with Crippen molar-refractivity contribution in [3.8, 4) is 5.75 Å². The first-order valence-corrected chi connectivity index (χ1v) is 8.39. The van der Waals surface area contributed by atoms with E-state index in [1.165, 1.54) is 18.9 Å². The third-order valence-corrected chi connectivity index (χ3v) is 4.95. The van der Waals surface area contributed by atoms with Crippen molar-refractivity contribution in [1.82, 2.24) is 0 Å². The predicted molar refractivity (Wildman–Crippen MR) is 98.0 cm³/mol. The maximum absolute atomic E-state index is 12.7. The number of hydrogen-bond acceptors (Lipinski definition) is 5. The molecule has 128 valence electrons. The summed E-state index contributed by atoms with van der Waals surface area (Å²) in [4.78, 5) is 27.4. The average Bonchev–Trinajstić information content (AvgIpc) is 2.65. The Labute approximate surface area is 150 Å². The second kappa shape index (κ2) is 7.03. The van der Waals surface area contributed by atoms with E-state index in [1.807, 2.05) is 36.4 Å². The largest absolute Gasteiger partial charge is 0.497 e. The molecule has 1 aliphatic heterocycles. The van der Waals surface area contributed by atoms with E-state index >= 15 is 0 Å². The summed E-state index contributed by atoms with van der Waals surface area (Å²) in [5.74, 6) is 0.188. The third-order valence-electron chi connectivity index (χ3n) is 3.87. The number of ether oxygens (including phenoxy) is 2. The molecule has 0 N–H and O–H groups in total. The summed E-state index contributed by atoms with van der Waals surface area (Å²) >= 11 is 1.38. The van der Waals surface area contributed by atoms with Gasteiger partial charge in [-0.2, -0.15) is 0 Å². The summed E-state index contributed by atoms with van der Waals surface area (Å²) in [6.07, 6.45) is 1.84. The van der Waals surface area contributed by atoms with Crippen LogP contribution in [0, 0.1) is 0 Å². The number of rotatable bonds is 3. The molecule has 0 aliphatic carbocycles. The van der Waals surface area contributed by atoms with Gasteiger partial charge in [-0.05, 0) is 42.0 Å². The topological polar surface area (TPSA) is 55.8 Å². The van der Waals surface area contributed by atoms with Crippen LogP contribution in [-0.4, -0.2) is 33.1 Å². The van der Waals surface area contributed by atoms with Crippen molar-refractivity contribution in [2.45, 2.75) is 4.90 Å². The summed E-state index contributed by atoms with van der Waals surface area (Å²) < 4.78 is 9.96. The van der Waals surface area contributed by atoms with Crippen LogP contribution in [0.4, 0.5) is 5.69 Å². The van der Waals surface area contributed by atoms with E-state index in [0.29, 0.717) is 16.2 Å². The Kier molecular flexibility index (Phi) is 4.81. The van der Waals surface area contributed by atoms with Crippen LogP contribution in [0.1, 0.15) is 15.9 Å². The summed E-state index contributed by atoms with van der Waals surface area (Å²) in [5.41, 5.74) is 2.00. The van der Waals surface area contributed by atoms with Gasteiger partial charge >= 0.3 is 5.97 Å². The summed E-state index contributed by atoms with van der Waals surface area (Å²) in [7, 11) is 4.64. The van der Waals surface area contributed by atoms with Gasteiger partial charge in [0, 0.05) is 11.9 Å². The number of hydrogen-bond donors (Lipinski definition) is 0. The normalized spacial score (nSPS) is 15.1. The van der Waals surface area contributed by atoms with Gasteiger partial charge in [0.15, 0.2) is 0 Å². The number of nitrogens with zero attached hydrogens (tertiary/aromatic N) is 1. The number of likely N-dealkylation sites (N-methyl/N-ethyl adjacent to an activating group) is 1. The van der Waals surface area contributed by atoms with Gasteiger partial charge in [0.1, 0.15) is 5.75 Å². The Balaban J connectivity index is 1.97. The minimum Gasteiger partial charge on any atom is -0.497 e. The van der Waals surface area contributed by atoms with Crippen molar-refractivity contribution in [3.05, 3.63) is 58.5 Å². The molecule has 0 saturated heterocycles. The molecule has 0 fully saturated rings. The molecule has 2 aromatic carbocycles. The molecule has 0 unspecified atom stereocenters. The van der Waals surface area contributed by atoms with E-state index in [0.717, 1.165) is 16.2 Å². The molecule has 6 heteroatoms. The molecule has 1 heterocycles. The minimum atomic E-state index is -0.425. The highest BCUT2D eigenvalue weighted by Crippen LogP contribution is 2.42. The number of anilines is 1. The molecule has 2 aromatic rings. The average molecular weight is 355 g/mol. The Hall–Kier alpha value is -2.73. The maximum Gasteiger partial charge on any atom is 0.337 e. The number of thioether (sulfide) groups is 1. The van der Waals surface area contributed by atoms with Crippen molar-refractivity contribution in [2.75, 3.05) is 26.2 Å². The molecular weight excluding hydrogens is 338 g/mol. The van der Waals surface area contributed by atoms with Gasteiger partial charge in [0.2, 0.25) is 0 Å². The second-order valence-corrected chi connectivity index (χ2v) is 6.51. The minimum absolute atomic E-state index is 0.123. The lowest BCUT2D eigenvalue weighted by molar-refractivity contribution is -0.114. The van der Waals surface area contributed by atoms with Gasteiger partial charge in [-0.3, -0.25) is 4.79 Å². The first-order chi connectivity index (χ1) is 12.0. The molecule has 0 atom stereocenters. The van der Waals surface area contributed by atoms with E-state index in [1.54, 1.807) is 31.2 Å². The van der Waals surface area contributed by atoms with Crippen molar-refractivity contribution >= 4 is 35.4 Å². The lowest BCUT2D eigenvalue weighted by Crippen LogP contribution is -2.30. The number of carbonyl (C=O) groups excluding carboxylic acids is 2. The van der Waals surface area contributed by atoms with Gasteiger partial charge in [-0.1, -0.05) is 23.9 Å². The Bertz CT molecular complexity index is 875. The molecule has 0 spiro atoms. The van der Waals surface area contributed by atoms with Crippen LogP contribution in [0.25, 0.3) is 6.08 Å². The van der Waals surface area contributed by atoms with Gasteiger partial charge in [-0.25, -0.2) is 4.79 Å². The zero-order valence-corrected chi connectivity index (χ0v) is 14.9. The smallest absolute Gasteiger partial charge is 0.337 e. The van der Waals surface area contributed by atoms with E-state index in [-0.39, 0.29) is 5.91 Å². The monoisotopic (exact) mass is 355 g/mol. The first kappa shape index (κ1) is 17.1. The molecule has 0 bridgehead atoms. The fourth-order valence-corrected chi connectivity index (χ4v) is 3.61. The van der Waals surface area contributed by atoms with E-state index in [4.69, 9.17) is 9.47 Å². The standard InChI is InChI=1S/C19H17NO4S/c1-20-15-11-13(19(22)24-3)7-8-16(15)25-17(18(20)21)10-12-5-4-6-14(9-12)23-2/h4-11H,1-3H3. The van der Waals surface area contributed by atoms with Crippen molar-refractivity contribution in [3.63, 3.8) is 0 Å². The number of amides is 1. The molecule has 0 aromatic heterocycles. The van der Waals surface area contributed by atoms with Crippen molar-refractivity contribution in [2.24, 2.45) is 0 Å². The molecule has 1 amide bonds. The number of fused-ring (bicyclic) bond motifs is 1. The van der Waals surface area contributed by atoms with E-state index in [9.17, 15) is 9.59 Å². The molecule has 5 nitrogen and oxygen atoms in total. The third kappa shape index (κ3) is 3.39. The molecular formula is C19H17NO4S. The summed E-state index contributed by atoms with van der Waals surface area (Å²) in [5, 5.41) is 0. The Morgan fingerprint density at radius 3 is 2.68 bits per heavy atom. The lowest BCUT2D eigenvalue weighted by atomic mass is 10.1. The molecule has 1 aliphatic rings. The van der Waals surface area contributed by atoms with Crippen molar-refractivity contribution in [1.29, 1.82) is 0 Å². The van der Waals surface area contributed by atoms with Gasteiger partial charge in [0.05, 0.1) is 30.4 Å². The Morgan fingerprint density at radius 2 is 1.96 bits per heavy atom. The van der Waals surface area contributed by atoms with Crippen LogP contribution in [0.3, 0.4) is 0 Å². The van der Waals surface area contributed by atoms with Gasteiger partial charge in [0.25, 0.3) is 5.91 Å². The second-order valence-electron chi connectivity index (χ2n) is 5.43. The highest BCUT2D eigenvalue weighted by molar-refractivity contribution is 8.04. The number of benzene rings is 2. The molecule has 0 saturated carbocycles. The SMILES string of the molecule is COC(=O)c1ccc2c(c1)N(C)C(=O)C(=Cc1cccc(OC)c1)S2. The van der Waals surface area contributed by atoms with Crippen LogP contribution in [0.5, 0.6) is 5.75 Å². The first-order valence-electron chi connectivity index (χ1n) is 7.57. The number of carbonyl (C=O) groups is 2. The van der Waals surface area contributed by atoms with Crippen LogP contribution in [0.15, 0.2) is 52.3 Å². The number of esters is 1. The highest BCUT2D eigenvalue weighted by Gasteiger charge is 2.27. The van der Waals surface area contributed by atoms with Crippen LogP contribution in [0.2, 0.25) is 0 Å². The van der Waals surface area contributed by atoms with E-state index in [2.05, 4.69) is 0 Å². The summed E-state index contributed by atoms with van der Waals surface area (Å²) in [6, 6.07) is 12.7. The summed E-state index contributed by atoms with van der Waals surface area (Å²) in [6.45, 7) is 0. The number of methoxy groups -OCH3 is 2. The fraction of sp³-hybridized carbons (Fsp3) is 0.158. The lowest BCUT2D eigenvalue weighted by Gasteiger charge is -2.27. The maximum atomic E-state index is 12.7. The van der Waals surface area contributed by atoms with Crippen LogP contribution in [-0.2, 0) is 9.53 Å². The fourth-order valence-electron chi connectivity index (χ4n) is 2.52. The Morgan fingerprint density at radius 1 is 1.16 bits per heavy atom. The quantitative estimate of drug-likeness (QED) is 0.622. The highest BCUT2D eigenvalue weighted by atomic mass is 32.2. The molecule has 25 heavy (non-hydrogen) atoms. The van der Waals surface area contributed by atoms with Gasteiger partial charge < -0.3 is 14.4 Å².